The monoisotopic (exact) mass is 397 g/mol. The van der Waals surface area contributed by atoms with E-state index < -0.39 is 40.6 Å². The van der Waals surface area contributed by atoms with Crippen LogP contribution in [0, 0.1) is 0 Å². The van der Waals surface area contributed by atoms with Gasteiger partial charge in [-0.15, -0.1) is 0 Å². The summed E-state index contributed by atoms with van der Waals surface area (Å²) >= 11 is 0. The summed E-state index contributed by atoms with van der Waals surface area (Å²) in [7, 11) is -3.67. The summed E-state index contributed by atoms with van der Waals surface area (Å²) in [6.45, 7) is 2.83. The number of carbonyl (C=O) groups is 3. The Morgan fingerprint density at radius 1 is 1.22 bits per heavy atom. The standard InChI is InChI=1S/C17H23N3O6S/c1-11(2)18-17(23)19-15(21)10-26-16(22)14-8-12-6-4-5-7-13(12)9-20(14)27(3,24)25/h4-7,11,14H,8-10H2,1-3H3,(H2,18,19,21,23)/t14-/m0/s1. The number of nitrogens with zero attached hydrogens (tertiary/aromatic N) is 1. The van der Waals surface area contributed by atoms with Gasteiger partial charge in [-0.25, -0.2) is 13.2 Å². The molecule has 1 heterocycles. The van der Waals surface area contributed by atoms with E-state index in [1.807, 2.05) is 11.4 Å². The van der Waals surface area contributed by atoms with Crippen molar-refractivity contribution >= 4 is 27.9 Å². The van der Waals surface area contributed by atoms with Gasteiger partial charge in [0, 0.05) is 19.0 Å². The largest absolute Gasteiger partial charge is 0.454 e. The first-order valence-electron chi connectivity index (χ1n) is 8.38. The van der Waals surface area contributed by atoms with Crippen LogP contribution in [0.15, 0.2) is 24.3 Å². The molecule has 148 valence electrons. The average molecular weight is 397 g/mol. The number of carbonyl (C=O) groups excluding carboxylic acids is 3. The van der Waals surface area contributed by atoms with Crippen LogP contribution in [0.1, 0.15) is 25.0 Å². The number of benzene rings is 1. The number of sulfonamides is 1. The van der Waals surface area contributed by atoms with Crippen molar-refractivity contribution < 1.29 is 27.5 Å². The molecule has 27 heavy (non-hydrogen) atoms. The third kappa shape index (κ3) is 5.76. The van der Waals surface area contributed by atoms with Gasteiger partial charge in [0.1, 0.15) is 6.04 Å². The maximum Gasteiger partial charge on any atom is 0.325 e. The maximum absolute atomic E-state index is 12.4. The fourth-order valence-corrected chi connectivity index (χ4v) is 3.74. The van der Waals surface area contributed by atoms with Gasteiger partial charge >= 0.3 is 12.0 Å². The summed E-state index contributed by atoms with van der Waals surface area (Å²) in [5, 5.41) is 4.49. The second-order valence-electron chi connectivity index (χ2n) is 6.58. The van der Waals surface area contributed by atoms with Crippen LogP contribution in [-0.2, 0) is 37.3 Å². The predicted molar refractivity (Wildman–Crippen MR) is 97.1 cm³/mol. The number of hydrogen-bond acceptors (Lipinski definition) is 6. The minimum absolute atomic E-state index is 0.0533. The fourth-order valence-electron chi connectivity index (χ4n) is 2.74. The second-order valence-corrected chi connectivity index (χ2v) is 8.52. The number of urea groups is 1. The van der Waals surface area contributed by atoms with E-state index in [1.165, 1.54) is 0 Å². The molecular weight excluding hydrogens is 374 g/mol. The van der Waals surface area contributed by atoms with Crippen LogP contribution in [0.5, 0.6) is 0 Å². The number of esters is 1. The van der Waals surface area contributed by atoms with Gasteiger partial charge in [-0.05, 0) is 25.0 Å². The van der Waals surface area contributed by atoms with Crippen LogP contribution in [0.3, 0.4) is 0 Å². The van der Waals surface area contributed by atoms with Crippen LogP contribution >= 0.6 is 0 Å². The first-order valence-corrected chi connectivity index (χ1v) is 10.2. The number of rotatable bonds is 5. The van der Waals surface area contributed by atoms with Gasteiger partial charge < -0.3 is 10.1 Å². The van der Waals surface area contributed by atoms with E-state index in [4.69, 9.17) is 4.74 Å². The lowest BCUT2D eigenvalue weighted by Gasteiger charge is -2.33. The molecule has 3 amide bonds. The molecule has 0 aliphatic carbocycles. The van der Waals surface area contributed by atoms with Gasteiger partial charge in [0.15, 0.2) is 6.61 Å². The summed E-state index contributed by atoms with van der Waals surface area (Å²) in [6, 6.07) is 5.30. The van der Waals surface area contributed by atoms with Crippen molar-refractivity contribution in [2.45, 2.75) is 38.9 Å². The highest BCUT2D eigenvalue weighted by molar-refractivity contribution is 7.88. The molecular formula is C17H23N3O6S. The van der Waals surface area contributed by atoms with Crippen molar-refractivity contribution in [2.24, 2.45) is 0 Å². The third-order valence-corrected chi connectivity index (χ3v) is 5.16. The quantitative estimate of drug-likeness (QED) is 0.682. The molecule has 1 aromatic rings. The van der Waals surface area contributed by atoms with Crippen molar-refractivity contribution in [3.63, 3.8) is 0 Å². The van der Waals surface area contributed by atoms with E-state index in [0.717, 1.165) is 21.7 Å². The predicted octanol–water partition coefficient (Wildman–Crippen LogP) is 0.150. The highest BCUT2D eigenvalue weighted by Crippen LogP contribution is 2.26. The van der Waals surface area contributed by atoms with Crippen molar-refractivity contribution in [3.05, 3.63) is 35.4 Å². The molecule has 1 aliphatic heterocycles. The Hall–Kier alpha value is -2.46. The number of fused-ring (bicyclic) bond motifs is 1. The SMILES string of the molecule is CC(C)NC(=O)NC(=O)COC(=O)[C@@H]1Cc2ccccc2CN1S(C)(=O)=O. The molecule has 1 aliphatic rings. The molecule has 9 nitrogen and oxygen atoms in total. The number of nitrogens with one attached hydrogen (secondary N) is 2. The Labute approximate surface area is 158 Å². The lowest BCUT2D eigenvalue weighted by atomic mass is 9.96. The Balaban J connectivity index is 2.03. The van der Waals surface area contributed by atoms with Gasteiger partial charge in [-0.1, -0.05) is 24.3 Å². The Kier molecular flexibility index (Phi) is 6.55. The van der Waals surface area contributed by atoms with Crippen molar-refractivity contribution in [1.29, 1.82) is 0 Å². The van der Waals surface area contributed by atoms with Crippen LogP contribution in [0.25, 0.3) is 0 Å². The van der Waals surface area contributed by atoms with Crippen molar-refractivity contribution in [2.75, 3.05) is 12.9 Å². The van der Waals surface area contributed by atoms with Crippen molar-refractivity contribution in [3.8, 4) is 0 Å². The van der Waals surface area contributed by atoms with Crippen LogP contribution in [-0.4, -0.2) is 55.6 Å². The smallest absolute Gasteiger partial charge is 0.325 e. The molecule has 2 rings (SSSR count). The molecule has 0 bridgehead atoms. The molecule has 2 N–H and O–H groups in total. The Morgan fingerprint density at radius 2 is 1.85 bits per heavy atom. The Bertz CT molecular complexity index is 837. The number of hydrogen-bond donors (Lipinski definition) is 2. The minimum Gasteiger partial charge on any atom is -0.454 e. The second kappa shape index (κ2) is 8.49. The zero-order valence-corrected chi connectivity index (χ0v) is 16.2. The summed E-state index contributed by atoms with van der Waals surface area (Å²) < 4.78 is 30.2. The minimum atomic E-state index is -3.67. The zero-order chi connectivity index (χ0) is 20.2. The topological polar surface area (TPSA) is 122 Å². The third-order valence-electron chi connectivity index (χ3n) is 3.92. The van der Waals surface area contributed by atoms with E-state index in [2.05, 4.69) is 5.32 Å². The van der Waals surface area contributed by atoms with Crippen molar-refractivity contribution in [1.82, 2.24) is 14.9 Å². The average Bonchev–Trinajstić information content (AvgIpc) is 2.56. The van der Waals surface area contributed by atoms with E-state index >= 15 is 0 Å². The lowest BCUT2D eigenvalue weighted by molar-refractivity contribution is -0.152. The molecule has 0 radical (unpaired) electrons. The lowest BCUT2D eigenvalue weighted by Crippen LogP contribution is -2.49. The molecule has 1 aromatic carbocycles. The van der Waals surface area contributed by atoms with E-state index in [-0.39, 0.29) is 19.0 Å². The van der Waals surface area contributed by atoms with Gasteiger partial charge in [-0.2, -0.15) is 4.31 Å². The van der Waals surface area contributed by atoms with Crippen LogP contribution in [0.4, 0.5) is 4.79 Å². The maximum atomic E-state index is 12.4. The van der Waals surface area contributed by atoms with E-state index in [0.29, 0.717) is 0 Å². The molecule has 1 atom stereocenters. The molecule has 0 unspecified atom stereocenters. The molecule has 0 saturated heterocycles. The molecule has 0 spiro atoms. The van der Waals surface area contributed by atoms with Gasteiger partial charge in [0.05, 0.1) is 6.26 Å². The zero-order valence-electron chi connectivity index (χ0n) is 15.4. The number of ether oxygens (including phenoxy) is 1. The first-order chi connectivity index (χ1) is 12.6. The number of amides is 3. The first kappa shape index (κ1) is 20.8. The summed E-state index contributed by atoms with van der Waals surface area (Å²) in [4.78, 5) is 35.6. The summed E-state index contributed by atoms with van der Waals surface area (Å²) in [5.41, 5.74) is 1.66. The Morgan fingerprint density at radius 3 is 2.44 bits per heavy atom. The van der Waals surface area contributed by atoms with Gasteiger partial charge in [0.25, 0.3) is 5.91 Å². The normalized spacial score (nSPS) is 17.1. The highest BCUT2D eigenvalue weighted by atomic mass is 32.2. The summed E-state index contributed by atoms with van der Waals surface area (Å²) in [6.07, 6.45) is 1.17. The fraction of sp³-hybridized carbons (Fsp3) is 0.471. The van der Waals surface area contributed by atoms with Crippen LogP contribution in [0.2, 0.25) is 0 Å². The van der Waals surface area contributed by atoms with Gasteiger partial charge in [-0.3, -0.25) is 14.9 Å². The number of imide groups is 1. The molecule has 0 aromatic heterocycles. The molecule has 0 saturated carbocycles. The summed E-state index contributed by atoms with van der Waals surface area (Å²) in [5.74, 6) is -1.64. The molecule has 10 heteroatoms. The van der Waals surface area contributed by atoms with Crippen LogP contribution < -0.4 is 10.6 Å². The highest BCUT2D eigenvalue weighted by Gasteiger charge is 2.38. The molecule has 0 fully saturated rings. The van der Waals surface area contributed by atoms with E-state index in [9.17, 15) is 22.8 Å². The van der Waals surface area contributed by atoms with Gasteiger partial charge in [0.2, 0.25) is 10.0 Å². The van der Waals surface area contributed by atoms with E-state index in [1.54, 1.807) is 32.0 Å².